The molecule has 0 saturated carbocycles. The van der Waals surface area contributed by atoms with E-state index < -0.39 is 23.3 Å². The van der Waals surface area contributed by atoms with E-state index in [1.165, 1.54) is 24.3 Å². The van der Waals surface area contributed by atoms with Crippen molar-refractivity contribution in [3.63, 3.8) is 0 Å². The molecule has 0 aliphatic rings. The minimum atomic E-state index is -0.661. The van der Waals surface area contributed by atoms with Gasteiger partial charge in [0, 0.05) is 16.2 Å². The van der Waals surface area contributed by atoms with Gasteiger partial charge in [-0.15, -0.1) is 0 Å². The van der Waals surface area contributed by atoms with Crippen LogP contribution in [0.5, 0.6) is 5.75 Å². The van der Waals surface area contributed by atoms with Crippen LogP contribution < -0.4 is 10.1 Å². The van der Waals surface area contributed by atoms with Crippen molar-refractivity contribution in [3.8, 4) is 5.75 Å². The molecule has 0 radical (unpaired) electrons. The van der Waals surface area contributed by atoms with Crippen molar-refractivity contribution in [2.45, 2.75) is 0 Å². The van der Waals surface area contributed by atoms with Crippen LogP contribution in [-0.2, 0) is 4.79 Å². The zero-order chi connectivity index (χ0) is 17.0. The number of nitrogens with one attached hydrogen (secondary N) is 1. The molecule has 120 valence electrons. The van der Waals surface area contributed by atoms with Crippen LogP contribution in [0, 0.1) is 15.9 Å². The molecule has 0 atom stereocenters. The average molecular weight is 404 g/mol. The normalized spacial score (nSPS) is 10.2. The van der Waals surface area contributed by atoms with Gasteiger partial charge in [0.25, 0.3) is 11.6 Å². The summed E-state index contributed by atoms with van der Waals surface area (Å²) >= 11 is 8.78. The minimum Gasteiger partial charge on any atom is -0.481 e. The maximum absolute atomic E-state index is 13.5. The first-order valence-corrected chi connectivity index (χ1v) is 7.35. The first kappa shape index (κ1) is 17.2. The van der Waals surface area contributed by atoms with Gasteiger partial charge in [0.1, 0.15) is 5.02 Å². The molecule has 9 heteroatoms. The van der Waals surface area contributed by atoms with Crippen molar-refractivity contribution >= 4 is 44.8 Å². The Hall–Kier alpha value is -2.19. The Labute approximate surface area is 143 Å². The van der Waals surface area contributed by atoms with Crippen molar-refractivity contribution in [1.29, 1.82) is 0 Å². The van der Waals surface area contributed by atoms with Crippen molar-refractivity contribution in [3.05, 3.63) is 61.8 Å². The summed E-state index contributed by atoms with van der Waals surface area (Å²) in [6, 6.07) is 7.98. The lowest BCUT2D eigenvalue weighted by Crippen LogP contribution is -2.20. The molecular weight excluding hydrogens is 395 g/mol. The Bertz CT molecular complexity index is 772. The highest BCUT2D eigenvalue weighted by Gasteiger charge is 2.14. The number of anilines is 1. The molecule has 1 amide bonds. The molecule has 0 unspecified atom stereocenters. The van der Waals surface area contributed by atoms with E-state index in [0.29, 0.717) is 4.47 Å². The van der Waals surface area contributed by atoms with E-state index in [4.69, 9.17) is 16.3 Å². The number of halogens is 3. The lowest BCUT2D eigenvalue weighted by molar-refractivity contribution is -0.384. The summed E-state index contributed by atoms with van der Waals surface area (Å²) in [5.41, 5.74) is -0.143. The highest BCUT2D eigenvalue weighted by molar-refractivity contribution is 9.10. The van der Waals surface area contributed by atoms with E-state index in [9.17, 15) is 19.3 Å². The van der Waals surface area contributed by atoms with Crippen LogP contribution in [0.15, 0.2) is 40.9 Å². The molecular formula is C14H9BrClFN2O4. The Kier molecular flexibility index (Phi) is 5.51. The molecule has 2 aromatic carbocycles. The second kappa shape index (κ2) is 7.38. The van der Waals surface area contributed by atoms with Crippen LogP contribution in [0.3, 0.4) is 0 Å². The molecule has 6 nitrogen and oxygen atoms in total. The number of benzene rings is 2. The van der Waals surface area contributed by atoms with E-state index in [2.05, 4.69) is 21.2 Å². The zero-order valence-electron chi connectivity index (χ0n) is 11.4. The van der Waals surface area contributed by atoms with Crippen LogP contribution in [0.25, 0.3) is 0 Å². The second-order valence-electron chi connectivity index (χ2n) is 4.33. The zero-order valence-corrected chi connectivity index (χ0v) is 13.7. The second-order valence-corrected chi connectivity index (χ2v) is 5.66. The van der Waals surface area contributed by atoms with Gasteiger partial charge in [-0.1, -0.05) is 27.5 Å². The Balaban J connectivity index is 2.00. The molecule has 0 fully saturated rings. The third kappa shape index (κ3) is 4.64. The van der Waals surface area contributed by atoms with Gasteiger partial charge in [0.05, 0.1) is 4.92 Å². The highest BCUT2D eigenvalue weighted by atomic mass is 79.9. The number of nitro benzene ring substituents is 1. The third-order valence-electron chi connectivity index (χ3n) is 2.68. The maximum atomic E-state index is 13.5. The molecule has 0 aliphatic heterocycles. The predicted octanol–water partition coefficient (Wildman–Crippen LogP) is 4.17. The fourth-order valence-corrected chi connectivity index (χ4v) is 2.18. The number of nitrogens with zero attached hydrogens (tertiary/aromatic N) is 1. The topological polar surface area (TPSA) is 81.5 Å². The number of hydrogen-bond acceptors (Lipinski definition) is 4. The van der Waals surface area contributed by atoms with Crippen LogP contribution in [0.4, 0.5) is 15.8 Å². The summed E-state index contributed by atoms with van der Waals surface area (Å²) in [5.74, 6) is -1.29. The molecule has 0 bridgehead atoms. The minimum absolute atomic E-state index is 0.0406. The van der Waals surface area contributed by atoms with E-state index in [1.54, 1.807) is 6.07 Å². The molecule has 23 heavy (non-hydrogen) atoms. The maximum Gasteiger partial charge on any atom is 0.289 e. The first-order valence-electron chi connectivity index (χ1n) is 6.18. The number of amides is 1. The van der Waals surface area contributed by atoms with Gasteiger partial charge in [-0.05, 0) is 30.3 Å². The molecule has 0 aliphatic carbocycles. The number of ether oxygens (including phenoxy) is 1. The SMILES string of the molecule is O=C(COc1ccc(Br)cc1F)Nc1ccc(Cl)c([N+](=O)[O-])c1. The predicted molar refractivity (Wildman–Crippen MR) is 86.3 cm³/mol. The number of nitro groups is 1. The van der Waals surface area contributed by atoms with Gasteiger partial charge in [-0.25, -0.2) is 4.39 Å². The molecule has 2 rings (SSSR count). The van der Waals surface area contributed by atoms with Crippen molar-refractivity contribution in [1.82, 2.24) is 0 Å². The molecule has 0 aromatic heterocycles. The van der Waals surface area contributed by atoms with E-state index in [1.807, 2.05) is 0 Å². The Morgan fingerprint density at radius 1 is 1.35 bits per heavy atom. The Morgan fingerprint density at radius 2 is 2.09 bits per heavy atom. The summed E-state index contributed by atoms with van der Waals surface area (Å²) in [6.07, 6.45) is 0. The summed E-state index contributed by atoms with van der Waals surface area (Å²) in [4.78, 5) is 21.9. The van der Waals surface area contributed by atoms with E-state index >= 15 is 0 Å². The van der Waals surface area contributed by atoms with Gasteiger partial charge in [0.2, 0.25) is 0 Å². The number of rotatable bonds is 5. The van der Waals surface area contributed by atoms with Gasteiger partial charge in [-0.2, -0.15) is 0 Å². The molecule has 2 aromatic rings. The third-order valence-corrected chi connectivity index (χ3v) is 3.49. The first-order chi connectivity index (χ1) is 10.9. The monoisotopic (exact) mass is 402 g/mol. The fourth-order valence-electron chi connectivity index (χ4n) is 1.66. The van der Waals surface area contributed by atoms with E-state index in [0.717, 1.165) is 6.07 Å². The largest absolute Gasteiger partial charge is 0.481 e. The quantitative estimate of drug-likeness (QED) is 0.600. The summed E-state index contributed by atoms with van der Waals surface area (Å²) in [5, 5.41) is 13.1. The number of carbonyl (C=O) groups excluding carboxylic acids is 1. The lowest BCUT2D eigenvalue weighted by Gasteiger charge is -2.08. The molecule has 0 saturated heterocycles. The number of carbonyl (C=O) groups is 1. The van der Waals surface area contributed by atoms with E-state index in [-0.39, 0.29) is 22.1 Å². The van der Waals surface area contributed by atoms with Gasteiger partial charge >= 0.3 is 0 Å². The fraction of sp³-hybridized carbons (Fsp3) is 0.0714. The van der Waals surface area contributed by atoms with Crippen LogP contribution in [-0.4, -0.2) is 17.4 Å². The van der Waals surface area contributed by atoms with Gasteiger partial charge < -0.3 is 10.1 Å². The Morgan fingerprint density at radius 3 is 2.74 bits per heavy atom. The smallest absolute Gasteiger partial charge is 0.289 e. The van der Waals surface area contributed by atoms with Crippen molar-refractivity contribution < 1.29 is 18.8 Å². The standard InChI is InChI=1S/C14H9BrClFN2O4/c15-8-1-4-13(11(17)5-8)23-7-14(20)18-9-2-3-10(16)12(6-9)19(21)22/h1-6H,7H2,(H,18,20). The van der Waals surface area contributed by atoms with Crippen molar-refractivity contribution in [2.24, 2.45) is 0 Å². The average Bonchev–Trinajstić information content (AvgIpc) is 2.48. The lowest BCUT2D eigenvalue weighted by atomic mass is 10.3. The summed E-state index contributed by atoms with van der Waals surface area (Å²) < 4.78 is 19.1. The van der Waals surface area contributed by atoms with Crippen LogP contribution in [0.1, 0.15) is 0 Å². The summed E-state index contributed by atoms with van der Waals surface area (Å²) in [6.45, 7) is -0.449. The van der Waals surface area contributed by atoms with Crippen LogP contribution >= 0.6 is 27.5 Å². The molecule has 0 heterocycles. The van der Waals surface area contributed by atoms with Gasteiger partial charge in [-0.3, -0.25) is 14.9 Å². The summed E-state index contributed by atoms with van der Waals surface area (Å²) in [7, 11) is 0. The molecule has 1 N–H and O–H groups in total. The van der Waals surface area contributed by atoms with Gasteiger partial charge in [0.15, 0.2) is 18.2 Å². The molecule has 0 spiro atoms. The van der Waals surface area contributed by atoms with Crippen molar-refractivity contribution in [2.75, 3.05) is 11.9 Å². The number of hydrogen-bond donors (Lipinski definition) is 1. The highest BCUT2D eigenvalue weighted by Crippen LogP contribution is 2.27. The van der Waals surface area contributed by atoms with Crippen LogP contribution in [0.2, 0.25) is 5.02 Å².